The number of hydrogen-bond acceptors (Lipinski definition) is 8. The average Bonchev–Trinajstić information content (AvgIpc) is 3.24. The summed E-state index contributed by atoms with van der Waals surface area (Å²) < 4.78 is 29.2. The lowest BCUT2D eigenvalue weighted by molar-refractivity contribution is -0.130. The van der Waals surface area contributed by atoms with Crippen LogP contribution in [0.15, 0.2) is 34.2 Å². The van der Waals surface area contributed by atoms with Crippen LogP contribution in [0.25, 0.3) is 11.5 Å². The molecule has 10 heteroatoms. The summed E-state index contributed by atoms with van der Waals surface area (Å²) in [6, 6.07) is 3.33. The van der Waals surface area contributed by atoms with Gasteiger partial charge in [0.15, 0.2) is 9.84 Å². The van der Waals surface area contributed by atoms with Crippen molar-refractivity contribution in [3.63, 3.8) is 0 Å². The zero-order valence-electron chi connectivity index (χ0n) is 15.2. The Morgan fingerprint density at radius 2 is 2.22 bits per heavy atom. The van der Waals surface area contributed by atoms with Crippen LogP contribution in [0.4, 0.5) is 0 Å². The van der Waals surface area contributed by atoms with Gasteiger partial charge in [-0.2, -0.15) is 0 Å². The summed E-state index contributed by atoms with van der Waals surface area (Å²) in [5.74, 6) is 0.795. The molecule has 2 aromatic rings. The number of amides is 1. The van der Waals surface area contributed by atoms with Crippen molar-refractivity contribution in [3.8, 4) is 11.5 Å². The fraction of sp³-hybridized carbons (Fsp3) is 0.529. The molecule has 0 bridgehead atoms. The maximum atomic E-state index is 12.7. The molecule has 27 heavy (non-hydrogen) atoms. The number of nitrogens with zero attached hydrogens (tertiary/aromatic N) is 4. The molecule has 1 saturated heterocycles. The van der Waals surface area contributed by atoms with Crippen LogP contribution >= 0.6 is 11.8 Å². The van der Waals surface area contributed by atoms with Gasteiger partial charge in [-0.1, -0.05) is 25.6 Å². The molecule has 0 aliphatic carbocycles. The van der Waals surface area contributed by atoms with Gasteiger partial charge in [0.25, 0.3) is 5.22 Å². The van der Waals surface area contributed by atoms with Gasteiger partial charge in [0.1, 0.15) is 0 Å². The Morgan fingerprint density at radius 1 is 1.41 bits per heavy atom. The number of sulfone groups is 1. The third-order valence-corrected chi connectivity index (χ3v) is 6.72. The summed E-state index contributed by atoms with van der Waals surface area (Å²) in [6.45, 7) is 4.55. The Bertz CT molecular complexity index is 883. The molecular weight excluding hydrogens is 388 g/mol. The van der Waals surface area contributed by atoms with Crippen molar-refractivity contribution < 1.29 is 17.6 Å². The van der Waals surface area contributed by atoms with Crippen LogP contribution in [0.3, 0.4) is 0 Å². The van der Waals surface area contributed by atoms with Crippen molar-refractivity contribution in [3.05, 3.63) is 24.5 Å². The molecule has 1 aliphatic rings. The molecule has 3 rings (SSSR count). The predicted octanol–water partition coefficient (Wildman–Crippen LogP) is 1.90. The van der Waals surface area contributed by atoms with E-state index in [1.54, 1.807) is 23.4 Å². The smallest absolute Gasteiger partial charge is 0.277 e. The van der Waals surface area contributed by atoms with Crippen LogP contribution in [-0.4, -0.2) is 64.3 Å². The van der Waals surface area contributed by atoms with Gasteiger partial charge in [-0.05, 0) is 24.5 Å². The SMILES string of the molecule is CC(C)CN(C(=O)CSc1nnc(-c2cccnc2)o1)C1CCS(=O)(=O)C1. The van der Waals surface area contributed by atoms with Crippen LogP contribution in [0, 0.1) is 5.92 Å². The Labute approximate surface area is 162 Å². The highest BCUT2D eigenvalue weighted by molar-refractivity contribution is 7.99. The minimum absolute atomic E-state index is 0.0435. The largest absolute Gasteiger partial charge is 0.411 e. The maximum absolute atomic E-state index is 12.7. The van der Waals surface area contributed by atoms with E-state index < -0.39 is 9.84 Å². The lowest BCUT2D eigenvalue weighted by Crippen LogP contribution is -2.44. The fourth-order valence-corrected chi connectivity index (χ4v) is 5.33. The molecule has 1 unspecified atom stereocenters. The van der Waals surface area contributed by atoms with Crippen LogP contribution in [0.1, 0.15) is 20.3 Å². The number of thioether (sulfide) groups is 1. The van der Waals surface area contributed by atoms with E-state index in [2.05, 4.69) is 15.2 Å². The first kappa shape index (κ1) is 19.8. The topological polar surface area (TPSA) is 106 Å². The normalized spacial score (nSPS) is 18.7. The fourth-order valence-electron chi connectivity index (χ4n) is 2.95. The molecule has 0 aromatic carbocycles. The van der Waals surface area contributed by atoms with Crippen molar-refractivity contribution in [2.24, 2.45) is 5.92 Å². The van der Waals surface area contributed by atoms with E-state index in [1.807, 2.05) is 19.9 Å². The van der Waals surface area contributed by atoms with E-state index in [-0.39, 0.29) is 35.1 Å². The monoisotopic (exact) mass is 410 g/mol. The van der Waals surface area contributed by atoms with Gasteiger partial charge in [0, 0.05) is 25.0 Å². The Morgan fingerprint density at radius 3 is 2.85 bits per heavy atom. The summed E-state index contributed by atoms with van der Waals surface area (Å²) >= 11 is 1.16. The van der Waals surface area contributed by atoms with Gasteiger partial charge in [-0.3, -0.25) is 9.78 Å². The molecule has 3 heterocycles. The van der Waals surface area contributed by atoms with E-state index in [9.17, 15) is 13.2 Å². The zero-order valence-corrected chi connectivity index (χ0v) is 16.9. The third-order valence-electron chi connectivity index (χ3n) is 4.17. The Balaban J connectivity index is 1.63. The molecule has 1 aliphatic heterocycles. The lowest BCUT2D eigenvalue weighted by atomic mass is 10.1. The van der Waals surface area contributed by atoms with Gasteiger partial charge in [-0.25, -0.2) is 8.42 Å². The van der Waals surface area contributed by atoms with E-state index in [1.165, 1.54) is 0 Å². The first-order valence-corrected chi connectivity index (χ1v) is 11.5. The number of pyridine rings is 1. The molecule has 2 aromatic heterocycles. The molecule has 146 valence electrons. The van der Waals surface area contributed by atoms with Crippen LogP contribution in [-0.2, 0) is 14.6 Å². The lowest BCUT2D eigenvalue weighted by Gasteiger charge is -2.29. The standard InChI is InChI=1S/C17H22N4O4S2/c1-12(2)9-21(14-5-7-27(23,24)11-14)15(22)10-26-17-20-19-16(25-17)13-4-3-6-18-8-13/h3-4,6,8,12,14H,5,7,9-11H2,1-2H3. The number of carbonyl (C=O) groups is 1. The summed E-state index contributed by atoms with van der Waals surface area (Å²) in [7, 11) is -3.05. The summed E-state index contributed by atoms with van der Waals surface area (Å²) in [5, 5.41) is 8.23. The van der Waals surface area contributed by atoms with Gasteiger partial charge in [0.05, 0.1) is 22.8 Å². The molecule has 8 nitrogen and oxygen atoms in total. The highest BCUT2D eigenvalue weighted by Crippen LogP contribution is 2.24. The van der Waals surface area contributed by atoms with Crippen molar-refractivity contribution in [1.29, 1.82) is 0 Å². The molecule has 0 spiro atoms. The van der Waals surface area contributed by atoms with Gasteiger partial charge < -0.3 is 9.32 Å². The van der Waals surface area contributed by atoms with E-state index in [0.717, 1.165) is 11.8 Å². The van der Waals surface area contributed by atoms with E-state index in [0.29, 0.717) is 29.6 Å². The molecule has 1 fully saturated rings. The average molecular weight is 411 g/mol. The second kappa shape index (κ2) is 8.39. The summed E-state index contributed by atoms with van der Waals surface area (Å²) in [4.78, 5) is 18.4. The molecular formula is C17H22N4O4S2. The minimum Gasteiger partial charge on any atom is -0.411 e. The summed E-state index contributed by atoms with van der Waals surface area (Å²) in [6.07, 6.45) is 3.77. The van der Waals surface area contributed by atoms with Crippen molar-refractivity contribution in [1.82, 2.24) is 20.1 Å². The quantitative estimate of drug-likeness (QED) is 0.637. The molecule has 0 N–H and O–H groups in total. The second-order valence-electron chi connectivity index (χ2n) is 6.90. The third kappa shape index (κ3) is 5.29. The molecule has 1 atom stereocenters. The molecule has 0 saturated carbocycles. The van der Waals surface area contributed by atoms with E-state index >= 15 is 0 Å². The zero-order chi connectivity index (χ0) is 19.4. The van der Waals surface area contributed by atoms with E-state index in [4.69, 9.17) is 4.42 Å². The van der Waals surface area contributed by atoms with Gasteiger partial charge >= 0.3 is 0 Å². The molecule has 0 radical (unpaired) electrons. The Hall–Kier alpha value is -1.94. The van der Waals surface area contributed by atoms with Gasteiger partial charge in [0.2, 0.25) is 11.8 Å². The van der Waals surface area contributed by atoms with Crippen molar-refractivity contribution in [2.45, 2.75) is 31.5 Å². The first-order chi connectivity index (χ1) is 12.8. The number of carbonyl (C=O) groups excluding carboxylic acids is 1. The summed E-state index contributed by atoms with van der Waals surface area (Å²) in [5.41, 5.74) is 0.709. The van der Waals surface area contributed by atoms with Gasteiger partial charge in [-0.15, -0.1) is 10.2 Å². The minimum atomic E-state index is -3.05. The van der Waals surface area contributed by atoms with Crippen molar-refractivity contribution >= 4 is 27.5 Å². The number of aromatic nitrogens is 3. The maximum Gasteiger partial charge on any atom is 0.277 e. The number of hydrogen-bond donors (Lipinski definition) is 0. The molecule has 1 amide bonds. The van der Waals surface area contributed by atoms with Crippen molar-refractivity contribution in [2.75, 3.05) is 23.8 Å². The second-order valence-corrected chi connectivity index (χ2v) is 10.1. The van der Waals surface area contributed by atoms with Crippen LogP contribution < -0.4 is 0 Å². The predicted molar refractivity (Wildman–Crippen MR) is 102 cm³/mol. The highest BCUT2D eigenvalue weighted by atomic mass is 32.2. The van der Waals surface area contributed by atoms with Crippen LogP contribution in [0.2, 0.25) is 0 Å². The number of rotatable bonds is 7. The first-order valence-electron chi connectivity index (χ1n) is 8.70. The highest BCUT2D eigenvalue weighted by Gasteiger charge is 2.34. The van der Waals surface area contributed by atoms with Crippen LogP contribution in [0.5, 0.6) is 0 Å². The Kier molecular flexibility index (Phi) is 6.15.